The van der Waals surface area contributed by atoms with Crippen molar-refractivity contribution in [1.29, 1.82) is 0 Å². The van der Waals surface area contributed by atoms with Crippen LogP contribution < -0.4 is 0 Å². The molecule has 0 N–H and O–H groups in total. The molecule has 3 nitrogen and oxygen atoms in total. The second-order valence-corrected chi connectivity index (χ2v) is 6.91. The van der Waals surface area contributed by atoms with Gasteiger partial charge in [0.05, 0.1) is 17.6 Å². The molecule has 0 spiro atoms. The molecule has 1 aromatic heterocycles. The molecule has 122 valence electrons. The number of hydrogen-bond donors (Lipinski definition) is 0. The fourth-order valence-corrected chi connectivity index (χ4v) is 3.39. The van der Waals surface area contributed by atoms with Crippen molar-refractivity contribution < 1.29 is 9.53 Å². The molecule has 3 rings (SSSR count). The standard InChI is InChI=1S/C20H19NO2S/c1-13(2)14-7-9-15(10-8-14)19-21-12-18(24-19)16-5-4-6-17(11-16)20(22)23-3/h4-13H,1-3H3. The van der Waals surface area contributed by atoms with E-state index in [0.29, 0.717) is 11.5 Å². The van der Waals surface area contributed by atoms with Crippen LogP contribution in [0.15, 0.2) is 54.7 Å². The molecule has 24 heavy (non-hydrogen) atoms. The highest BCUT2D eigenvalue weighted by atomic mass is 32.1. The van der Waals surface area contributed by atoms with E-state index in [9.17, 15) is 4.79 Å². The smallest absolute Gasteiger partial charge is 0.337 e. The molecule has 4 heteroatoms. The first kappa shape index (κ1) is 16.4. The summed E-state index contributed by atoms with van der Waals surface area (Å²) < 4.78 is 4.78. The minimum absolute atomic E-state index is 0.328. The molecule has 0 radical (unpaired) electrons. The number of thiazole rings is 1. The molecule has 3 aromatic rings. The summed E-state index contributed by atoms with van der Waals surface area (Å²) in [6.45, 7) is 4.37. The molecule has 0 saturated heterocycles. The summed E-state index contributed by atoms with van der Waals surface area (Å²) in [5, 5.41) is 0.976. The van der Waals surface area contributed by atoms with E-state index in [1.807, 2.05) is 24.4 Å². The SMILES string of the molecule is COC(=O)c1cccc(-c2cnc(-c3ccc(C(C)C)cc3)s2)c1. The van der Waals surface area contributed by atoms with Crippen LogP contribution in [0.3, 0.4) is 0 Å². The lowest BCUT2D eigenvalue weighted by Crippen LogP contribution is -2.00. The first-order valence-electron chi connectivity index (χ1n) is 7.83. The fourth-order valence-electron chi connectivity index (χ4n) is 2.47. The third kappa shape index (κ3) is 3.39. The van der Waals surface area contributed by atoms with Crippen molar-refractivity contribution in [3.05, 3.63) is 65.9 Å². The van der Waals surface area contributed by atoms with Gasteiger partial charge in [0, 0.05) is 11.8 Å². The number of hydrogen-bond acceptors (Lipinski definition) is 4. The van der Waals surface area contributed by atoms with Crippen molar-refractivity contribution in [1.82, 2.24) is 4.98 Å². The maximum absolute atomic E-state index is 11.7. The number of carbonyl (C=O) groups excluding carboxylic acids is 1. The summed E-state index contributed by atoms with van der Waals surface area (Å²) in [7, 11) is 1.39. The maximum atomic E-state index is 11.7. The molecular weight excluding hydrogens is 318 g/mol. The second kappa shape index (κ2) is 6.97. The van der Waals surface area contributed by atoms with Crippen molar-refractivity contribution >= 4 is 17.3 Å². The van der Waals surface area contributed by atoms with Gasteiger partial charge in [0.2, 0.25) is 0 Å². The lowest BCUT2D eigenvalue weighted by Gasteiger charge is -2.05. The van der Waals surface area contributed by atoms with E-state index < -0.39 is 0 Å². The van der Waals surface area contributed by atoms with Gasteiger partial charge in [-0.25, -0.2) is 9.78 Å². The van der Waals surface area contributed by atoms with E-state index in [1.54, 1.807) is 17.4 Å². The quantitative estimate of drug-likeness (QED) is 0.599. The number of benzene rings is 2. The van der Waals surface area contributed by atoms with Crippen LogP contribution in [0.1, 0.15) is 35.7 Å². The van der Waals surface area contributed by atoms with E-state index in [1.165, 1.54) is 12.7 Å². The fraction of sp³-hybridized carbons (Fsp3) is 0.200. The van der Waals surface area contributed by atoms with Crippen molar-refractivity contribution in [2.24, 2.45) is 0 Å². The van der Waals surface area contributed by atoms with Gasteiger partial charge in [0.25, 0.3) is 0 Å². The van der Waals surface area contributed by atoms with Crippen LogP contribution in [0.4, 0.5) is 0 Å². The van der Waals surface area contributed by atoms with E-state index in [4.69, 9.17) is 4.74 Å². The Labute approximate surface area is 146 Å². The van der Waals surface area contributed by atoms with Gasteiger partial charge >= 0.3 is 5.97 Å². The van der Waals surface area contributed by atoms with Gasteiger partial charge in [-0.05, 0) is 29.2 Å². The second-order valence-electron chi connectivity index (χ2n) is 5.88. The maximum Gasteiger partial charge on any atom is 0.337 e. The number of nitrogens with zero attached hydrogens (tertiary/aromatic N) is 1. The Balaban J connectivity index is 1.89. The zero-order valence-corrected chi connectivity index (χ0v) is 14.8. The lowest BCUT2D eigenvalue weighted by atomic mass is 10.0. The van der Waals surface area contributed by atoms with Gasteiger partial charge in [-0.3, -0.25) is 0 Å². The van der Waals surface area contributed by atoms with Gasteiger partial charge in [-0.1, -0.05) is 50.2 Å². The van der Waals surface area contributed by atoms with E-state index in [-0.39, 0.29) is 5.97 Å². The molecule has 0 bridgehead atoms. The molecule has 0 aliphatic carbocycles. The highest BCUT2D eigenvalue weighted by Gasteiger charge is 2.10. The average Bonchev–Trinajstić information content (AvgIpc) is 3.11. The molecule has 0 fully saturated rings. The predicted molar refractivity (Wildman–Crippen MR) is 98.4 cm³/mol. The number of aromatic nitrogens is 1. The number of methoxy groups -OCH3 is 1. The summed E-state index contributed by atoms with van der Waals surface area (Å²) in [5.41, 5.74) is 3.95. The molecular formula is C20H19NO2S. The molecule has 0 saturated carbocycles. The van der Waals surface area contributed by atoms with Crippen LogP contribution >= 0.6 is 11.3 Å². The third-order valence-corrected chi connectivity index (χ3v) is 4.99. The van der Waals surface area contributed by atoms with Crippen LogP contribution in [0.25, 0.3) is 21.0 Å². The van der Waals surface area contributed by atoms with Gasteiger partial charge in [0.15, 0.2) is 0 Å². The van der Waals surface area contributed by atoms with Crippen molar-refractivity contribution in [3.8, 4) is 21.0 Å². The Morgan fingerprint density at radius 2 is 1.83 bits per heavy atom. The number of ether oxygens (including phenoxy) is 1. The molecule has 0 unspecified atom stereocenters. The minimum atomic E-state index is -0.328. The van der Waals surface area contributed by atoms with E-state index >= 15 is 0 Å². The first-order chi connectivity index (χ1) is 11.6. The Morgan fingerprint density at radius 3 is 2.50 bits per heavy atom. The largest absolute Gasteiger partial charge is 0.465 e. The predicted octanol–water partition coefficient (Wildman–Crippen LogP) is 5.39. The zero-order chi connectivity index (χ0) is 17.1. The molecule has 0 atom stereocenters. The summed E-state index contributed by atoms with van der Waals surface area (Å²) in [5.74, 6) is 0.192. The molecule has 0 aliphatic rings. The Hall–Kier alpha value is -2.46. The first-order valence-corrected chi connectivity index (χ1v) is 8.65. The minimum Gasteiger partial charge on any atom is -0.465 e. The van der Waals surface area contributed by atoms with Gasteiger partial charge in [0.1, 0.15) is 5.01 Å². The van der Waals surface area contributed by atoms with Crippen LogP contribution in [0.2, 0.25) is 0 Å². The summed E-state index contributed by atoms with van der Waals surface area (Å²) in [4.78, 5) is 17.2. The molecule has 2 aromatic carbocycles. The van der Waals surface area contributed by atoms with Crippen molar-refractivity contribution in [2.75, 3.05) is 7.11 Å². The van der Waals surface area contributed by atoms with Crippen molar-refractivity contribution in [2.45, 2.75) is 19.8 Å². The summed E-state index contributed by atoms with van der Waals surface area (Å²) >= 11 is 1.62. The van der Waals surface area contributed by atoms with Gasteiger partial charge in [-0.2, -0.15) is 0 Å². The van der Waals surface area contributed by atoms with Gasteiger partial charge < -0.3 is 4.74 Å². The monoisotopic (exact) mass is 337 g/mol. The normalized spacial score (nSPS) is 10.8. The topological polar surface area (TPSA) is 39.2 Å². The Morgan fingerprint density at radius 1 is 1.08 bits per heavy atom. The third-order valence-electron chi connectivity index (χ3n) is 3.90. The number of esters is 1. The number of carbonyl (C=O) groups is 1. The van der Waals surface area contributed by atoms with Crippen LogP contribution in [0, 0.1) is 0 Å². The van der Waals surface area contributed by atoms with E-state index in [0.717, 1.165) is 21.0 Å². The highest BCUT2D eigenvalue weighted by molar-refractivity contribution is 7.18. The zero-order valence-electron chi connectivity index (χ0n) is 13.9. The van der Waals surface area contributed by atoms with Crippen LogP contribution in [-0.4, -0.2) is 18.1 Å². The van der Waals surface area contributed by atoms with Crippen molar-refractivity contribution in [3.63, 3.8) is 0 Å². The molecule has 1 heterocycles. The highest BCUT2D eigenvalue weighted by Crippen LogP contribution is 2.33. The Kier molecular flexibility index (Phi) is 4.76. The molecule has 0 amide bonds. The summed E-state index contributed by atoms with van der Waals surface area (Å²) in [6, 6.07) is 16.0. The lowest BCUT2D eigenvalue weighted by molar-refractivity contribution is 0.0601. The molecule has 0 aliphatic heterocycles. The average molecular weight is 337 g/mol. The van der Waals surface area contributed by atoms with Crippen LogP contribution in [0.5, 0.6) is 0 Å². The van der Waals surface area contributed by atoms with Gasteiger partial charge in [-0.15, -0.1) is 11.3 Å². The number of rotatable bonds is 4. The summed E-state index contributed by atoms with van der Waals surface area (Å²) in [6.07, 6.45) is 1.85. The van der Waals surface area contributed by atoms with E-state index in [2.05, 4.69) is 43.1 Å². The van der Waals surface area contributed by atoms with Crippen LogP contribution in [-0.2, 0) is 4.74 Å². The Bertz CT molecular complexity index is 850.